The van der Waals surface area contributed by atoms with Crippen LogP contribution in [-0.2, 0) is 0 Å². The Bertz CT molecular complexity index is 385. The molecule has 0 fully saturated rings. The third-order valence-electron chi connectivity index (χ3n) is 1.75. The summed E-state index contributed by atoms with van der Waals surface area (Å²) in [6, 6.07) is 3.51. The maximum atomic E-state index is 11.4. The highest BCUT2D eigenvalue weighted by atomic mass is 127. The molecule has 16 heavy (non-hydrogen) atoms. The minimum atomic E-state index is -0.299. The summed E-state index contributed by atoms with van der Waals surface area (Å²) in [5, 5.41) is 0. The maximum Gasteiger partial charge on any atom is 0.265 e. The van der Waals surface area contributed by atoms with Crippen LogP contribution in [-0.4, -0.2) is 12.0 Å². The van der Waals surface area contributed by atoms with Gasteiger partial charge >= 0.3 is 0 Å². The highest BCUT2D eigenvalue weighted by Crippen LogP contribution is 2.29. The molecular weight excluding hydrogens is 434 g/mol. The van der Waals surface area contributed by atoms with Crippen LogP contribution in [0.15, 0.2) is 12.1 Å². The van der Waals surface area contributed by atoms with Gasteiger partial charge in [0.15, 0.2) is 0 Å². The Hall–Kier alpha value is -0.0900. The van der Waals surface area contributed by atoms with Crippen molar-refractivity contribution < 1.29 is 9.53 Å². The fourth-order valence-corrected chi connectivity index (χ4v) is 3.14. The van der Waals surface area contributed by atoms with Gasteiger partial charge in [0.1, 0.15) is 5.75 Å². The van der Waals surface area contributed by atoms with E-state index in [1.165, 1.54) is 0 Å². The average Bonchev–Trinajstić information content (AvgIpc) is 2.21. The topological polar surface area (TPSA) is 64.3 Å². The molecule has 1 aromatic carbocycles. The number of ether oxygens (including phenoxy) is 1. The first-order chi connectivity index (χ1) is 7.45. The van der Waals surface area contributed by atoms with Crippen LogP contribution >= 0.6 is 45.2 Å². The Balaban J connectivity index is 3.12. The standard InChI is InChI=1S/C10H12I2N2O2/c1-5(2)16-9-7(11)3-6(4-8(9)12)10(15)14-13/h3-5H,13H2,1-2H3,(H,14,15). The third-order valence-corrected chi connectivity index (χ3v) is 3.35. The van der Waals surface area contributed by atoms with Crippen molar-refractivity contribution in [2.45, 2.75) is 20.0 Å². The Kier molecular flexibility index (Phi) is 5.25. The molecular formula is C10H12I2N2O2. The van der Waals surface area contributed by atoms with E-state index < -0.39 is 0 Å². The monoisotopic (exact) mass is 446 g/mol. The van der Waals surface area contributed by atoms with Gasteiger partial charge in [-0.3, -0.25) is 10.2 Å². The highest BCUT2D eigenvalue weighted by Gasteiger charge is 2.13. The minimum absolute atomic E-state index is 0.108. The highest BCUT2D eigenvalue weighted by molar-refractivity contribution is 14.1. The molecule has 1 aromatic rings. The molecule has 88 valence electrons. The van der Waals surface area contributed by atoms with Crippen molar-refractivity contribution in [1.82, 2.24) is 5.43 Å². The molecule has 0 aliphatic rings. The van der Waals surface area contributed by atoms with Gasteiger partial charge in [0.25, 0.3) is 5.91 Å². The largest absolute Gasteiger partial charge is 0.489 e. The van der Waals surface area contributed by atoms with Crippen molar-refractivity contribution in [2.24, 2.45) is 5.84 Å². The van der Waals surface area contributed by atoms with Crippen LogP contribution < -0.4 is 16.0 Å². The molecule has 0 atom stereocenters. The zero-order valence-electron chi connectivity index (χ0n) is 8.88. The number of hydrogen-bond donors (Lipinski definition) is 2. The molecule has 0 saturated carbocycles. The van der Waals surface area contributed by atoms with E-state index in [1.807, 2.05) is 13.8 Å². The zero-order valence-corrected chi connectivity index (χ0v) is 13.2. The molecule has 0 saturated heterocycles. The molecule has 1 rings (SSSR count). The number of carbonyl (C=O) groups is 1. The first-order valence-electron chi connectivity index (χ1n) is 4.62. The van der Waals surface area contributed by atoms with E-state index in [2.05, 4.69) is 50.6 Å². The summed E-state index contributed by atoms with van der Waals surface area (Å²) in [5.41, 5.74) is 2.64. The summed E-state index contributed by atoms with van der Waals surface area (Å²) in [5.74, 6) is 5.60. The van der Waals surface area contributed by atoms with E-state index in [-0.39, 0.29) is 12.0 Å². The fraction of sp³-hybridized carbons (Fsp3) is 0.300. The molecule has 4 nitrogen and oxygen atoms in total. The molecule has 0 aliphatic carbocycles. The zero-order chi connectivity index (χ0) is 12.3. The van der Waals surface area contributed by atoms with E-state index in [1.54, 1.807) is 12.1 Å². The summed E-state index contributed by atoms with van der Waals surface area (Å²) >= 11 is 4.29. The van der Waals surface area contributed by atoms with Gasteiger partial charge in [0.2, 0.25) is 0 Å². The summed E-state index contributed by atoms with van der Waals surface area (Å²) in [6.45, 7) is 3.93. The Morgan fingerprint density at radius 2 is 1.88 bits per heavy atom. The molecule has 0 radical (unpaired) electrons. The second-order valence-corrected chi connectivity index (χ2v) is 5.73. The molecule has 3 N–H and O–H groups in total. The molecule has 1 amide bonds. The van der Waals surface area contributed by atoms with Crippen LogP contribution in [0.1, 0.15) is 24.2 Å². The average molecular weight is 446 g/mol. The second-order valence-electron chi connectivity index (χ2n) is 3.41. The lowest BCUT2D eigenvalue weighted by molar-refractivity contribution is 0.0953. The third kappa shape index (κ3) is 3.45. The number of nitrogens with one attached hydrogen (secondary N) is 1. The van der Waals surface area contributed by atoms with Crippen molar-refractivity contribution in [3.8, 4) is 5.75 Å². The summed E-state index contributed by atoms with van der Waals surface area (Å²) in [4.78, 5) is 11.4. The predicted octanol–water partition coefficient (Wildman–Crippen LogP) is 2.29. The SMILES string of the molecule is CC(C)Oc1c(I)cc(C(=O)NN)cc1I. The summed E-state index contributed by atoms with van der Waals surface area (Å²) < 4.78 is 7.47. The smallest absolute Gasteiger partial charge is 0.265 e. The number of hydrogen-bond acceptors (Lipinski definition) is 3. The van der Waals surface area contributed by atoms with Crippen LogP contribution in [0.5, 0.6) is 5.75 Å². The van der Waals surface area contributed by atoms with Gasteiger partial charge < -0.3 is 4.74 Å². The van der Waals surface area contributed by atoms with E-state index in [4.69, 9.17) is 10.6 Å². The number of carbonyl (C=O) groups excluding carboxylic acids is 1. The van der Waals surface area contributed by atoms with E-state index >= 15 is 0 Å². The van der Waals surface area contributed by atoms with E-state index in [0.717, 1.165) is 12.9 Å². The Morgan fingerprint density at radius 3 is 2.25 bits per heavy atom. The summed E-state index contributed by atoms with van der Waals surface area (Å²) in [6.07, 6.45) is 0.108. The lowest BCUT2D eigenvalue weighted by atomic mass is 10.2. The van der Waals surface area contributed by atoms with Crippen molar-refractivity contribution in [2.75, 3.05) is 0 Å². The Labute approximate surface area is 122 Å². The molecule has 0 spiro atoms. The number of hydrazine groups is 1. The predicted molar refractivity (Wildman–Crippen MR) is 79.3 cm³/mol. The van der Waals surface area contributed by atoms with Gasteiger partial charge in [-0.15, -0.1) is 0 Å². The molecule has 0 unspecified atom stereocenters. The number of amides is 1. The van der Waals surface area contributed by atoms with Gasteiger partial charge in [0, 0.05) is 5.56 Å². The second kappa shape index (κ2) is 6.01. The fourth-order valence-electron chi connectivity index (χ4n) is 1.12. The molecule has 0 bridgehead atoms. The first-order valence-corrected chi connectivity index (χ1v) is 6.78. The van der Waals surface area contributed by atoms with Crippen molar-refractivity contribution in [3.05, 3.63) is 24.8 Å². The van der Waals surface area contributed by atoms with Crippen LogP contribution in [0, 0.1) is 7.14 Å². The van der Waals surface area contributed by atoms with Crippen LogP contribution in [0.4, 0.5) is 0 Å². The van der Waals surface area contributed by atoms with Crippen LogP contribution in [0.25, 0.3) is 0 Å². The molecule has 0 aromatic heterocycles. The normalized spacial score (nSPS) is 10.4. The van der Waals surface area contributed by atoms with Crippen LogP contribution in [0.3, 0.4) is 0 Å². The van der Waals surface area contributed by atoms with E-state index in [0.29, 0.717) is 5.56 Å². The van der Waals surface area contributed by atoms with Crippen molar-refractivity contribution in [1.29, 1.82) is 0 Å². The molecule has 6 heteroatoms. The molecule has 0 heterocycles. The van der Waals surface area contributed by atoms with Gasteiger partial charge in [-0.1, -0.05) is 0 Å². The lowest BCUT2D eigenvalue weighted by Gasteiger charge is -2.14. The van der Waals surface area contributed by atoms with Gasteiger partial charge in [-0.25, -0.2) is 5.84 Å². The lowest BCUT2D eigenvalue weighted by Crippen LogP contribution is -2.30. The quantitative estimate of drug-likeness (QED) is 0.325. The Morgan fingerprint density at radius 1 is 1.38 bits per heavy atom. The number of nitrogens with two attached hydrogens (primary N) is 1. The van der Waals surface area contributed by atoms with Crippen LogP contribution in [0.2, 0.25) is 0 Å². The van der Waals surface area contributed by atoms with E-state index in [9.17, 15) is 4.79 Å². The number of rotatable bonds is 3. The minimum Gasteiger partial charge on any atom is -0.489 e. The van der Waals surface area contributed by atoms with Crippen molar-refractivity contribution >= 4 is 51.1 Å². The van der Waals surface area contributed by atoms with Gasteiger partial charge in [-0.05, 0) is 71.2 Å². The number of nitrogen functional groups attached to an aromatic ring is 1. The number of benzene rings is 1. The van der Waals surface area contributed by atoms with Gasteiger partial charge in [0.05, 0.1) is 13.2 Å². The number of halogens is 2. The summed E-state index contributed by atoms with van der Waals surface area (Å²) in [7, 11) is 0. The molecule has 0 aliphatic heterocycles. The maximum absolute atomic E-state index is 11.4. The first kappa shape index (κ1) is 14.0. The van der Waals surface area contributed by atoms with Crippen molar-refractivity contribution in [3.63, 3.8) is 0 Å². The van der Waals surface area contributed by atoms with Gasteiger partial charge in [-0.2, -0.15) is 0 Å².